The summed E-state index contributed by atoms with van der Waals surface area (Å²) in [5.41, 5.74) is -1.64. The van der Waals surface area contributed by atoms with Gasteiger partial charge in [0.1, 0.15) is 5.82 Å². The number of fused-ring (bicyclic) bond motifs is 1. The number of nitrogens with zero attached hydrogens (tertiary/aromatic N) is 1. The van der Waals surface area contributed by atoms with Gasteiger partial charge in [-0.2, -0.15) is 13.2 Å². The summed E-state index contributed by atoms with van der Waals surface area (Å²) in [6.45, 7) is -0.497. The van der Waals surface area contributed by atoms with Crippen molar-refractivity contribution in [3.8, 4) is 0 Å². The third-order valence-corrected chi connectivity index (χ3v) is 4.92. The van der Waals surface area contributed by atoms with E-state index in [-0.39, 0.29) is 17.3 Å². The van der Waals surface area contributed by atoms with Crippen LogP contribution in [0.3, 0.4) is 0 Å². The molecule has 0 spiro atoms. The van der Waals surface area contributed by atoms with E-state index in [0.717, 1.165) is 0 Å². The minimum absolute atomic E-state index is 0.244. The number of halogens is 6. The van der Waals surface area contributed by atoms with Crippen LogP contribution in [0, 0.1) is 11.6 Å². The van der Waals surface area contributed by atoms with Gasteiger partial charge in [0, 0.05) is 6.20 Å². The summed E-state index contributed by atoms with van der Waals surface area (Å²) in [6, 6.07) is 3.38. The van der Waals surface area contributed by atoms with Crippen molar-refractivity contribution in [1.82, 2.24) is 4.98 Å². The van der Waals surface area contributed by atoms with E-state index in [2.05, 4.69) is 26.2 Å². The molecule has 0 fully saturated rings. The Morgan fingerprint density at radius 3 is 2.60 bits per heavy atom. The van der Waals surface area contributed by atoms with Gasteiger partial charge in [0.05, 0.1) is 22.2 Å². The number of alkyl halides is 3. The molecule has 0 radical (unpaired) electrons. The van der Waals surface area contributed by atoms with Gasteiger partial charge in [-0.25, -0.2) is 13.8 Å². The standard InChI is InChI=1S/C16H12BrF5N2O/c17-11-2-1-10-9(13(11)19)3-4-15(10,7-25)24-14-12(18)5-8(6-23-14)16(20,21)22/h1-2,5-6,25H,3-4,7H2,(H,23,24)/t15-/m1/s1. The Bertz CT molecular complexity index is 827. The second-order valence-corrected chi connectivity index (χ2v) is 6.66. The zero-order chi connectivity index (χ0) is 18.4. The highest BCUT2D eigenvalue weighted by atomic mass is 79.9. The molecule has 0 amide bonds. The van der Waals surface area contributed by atoms with E-state index in [4.69, 9.17) is 0 Å². The minimum atomic E-state index is -4.71. The topological polar surface area (TPSA) is 45.1 Å². The molecule has 0 aliphatic heterocycles. The van der Waals surface area contributed by atoms with E-state index in [1.807, 2.05) is 0 Å². The van der Waals surface area contributed by atoms with Crippen molar-refractivity contribution in [2.75, 3.05) is 11.9 Å². The monoisotopic (exact) mass is 422 g/mol. The molecule has 134 valence electrons. The molecule has 1 atom stereocenters. The smallest absolute Gasteiger partial charge is 0.394 e. The van der Waals surface area contributed by atoms with Crippen molar-refractivity contribution in [1.29, 1.82) is 0 Å². The number of nitrogens with one attached hydrogen (secondary N) is 1. The maximum Gasteiger partial charge on any atom is 0.417 e. The van der Waals surface area contributed by atoms with E-state index in [1.54, 1.807) is 6.07 Å². The molecule has 0 unspecified atom stereocenters. The predicted molar refractivity (Wildman–Crippen MR) is 84.0 cm³/mol. The van der Waals surface area contributed by atoms with Crippen LogP contribution in [0.5, 0.6) is 0 Å². The van der Waals surface area contributed by atoms with Crippen LogP contribution in [0.1, 0.15) is 23.1 Å². The minimum Gasteiger partial charge on any atom is -0.394 e. The Balaban J connectivity index is 1.99. The number of anilines is 1. The zero-order valence-corrected chi connectivity index (χ0v) is 14.2. The van der Waals surface area contributed by atoms with Crippen LogP contribution in [-0.4, -0.2) is 16.7 Å². The first-order valence-corrected chi connectivity index (χ1v) is 8.06. The van der Waals surface area contributed by atoms with E-state index in [9.17, 15) is 27.1 Å². The van der Waals surface area contributed by atoms with Crippen molar-refractivity contribution >= 4 is 21.7 Å². The van der Waals surface area contributed by atoms with Crippen LogP contribution >= 0.6 is 15.9 Å². The third-order valence-electron chi connectivity index (χ3n) is 4.31. The average Bonchev–Trinajstić information content (AvgIpc) is 2.91. The lowest BCUT2D eigenvalue weighted by Crippen LogP contribution is -2.37. The summed E-state index contributed by atoms with van der Waals surface area (Å²) in [5, 5.41) is 12.5. The van der Waals surface area contributed by atoms with Crippen molar-refractivity contribution in [3.63, 3.8) is 0 Å². The highest BCUT2D eigenvalue weighted by Gasteiger charge is 2.41. The van der Waals surface area contributed by atoms with Gasteiger partial charge in [0.2, 0.25) is 0 Å². The number of aromatic nitrogens is 1. The van der Waals surface area contributed by atoms with Gasteiger partial charge in [0.25, 0.3) is 0 Å². The highest BCUT2D eigenvalue weighted by molar-refractivity contribution is 9.10. The normalized spacial score (nSPS) is 19.8. The zero-order valence-electron chi connectivity index (χ0n) is 12.6. The lowest BCUT2D eigenvalue weighted by molar-refractivity contribution is -0.138. The number of aliphatic hydroxyl groups excluding tert-OH is 1. The number of rotatable bonds is 3. The molecule has 3 nitrogen and oxygen atoms in total. The molecule has 3 rings (SSSR count). The molecule has 1 aromatic carbocycles. The lowest BCUT2D eigenvalue weighted by atomic mass is 9.92. The van der Waals surface area contributed by atoms with Gasteiger partial charge in [-0.15, -0.1) is 0 Å². The average molecular weight is 423 g/mol. The summed E-state index contributed by atoms with van der Waals surface area (Å²) in [7, 11) is 0. The lowest BCUT2D eigenvalue weighted by Gasteiger charge is -2.30. The number of pyridine rings is 1. The van der Waals surface area contributed by atoms with Crippen LogP contribution in [0.4, 0.5) is 27.8 Å². The third kappa shape index (κ3) is 3.10. The number of aliphatic hydroxyl groups is 1. The Morgan fingerprint density at radius 2 is 2.00 bits per heavy atom. The Labute approximate surface area is 148 Å². The fraction of sp³-hybridized carbons (Fsp3) is 0.312. The van der Waals surface area contributed by atoms with E-state index in [1.165, 1.54) is 6.07 Å². The van der Waals surface area contributed by atoms with Crippen molar-refractivity contribution in [2.24, 2.45) is 0 Å². The van der Waals surface area contributed by atoms with Crippen molar-refractivity contribution < 1.29 is 27.1 Å². The fourth-order valence-electron chi connectivity index (χ4n) is 3.00. The Kier molecular flexibility index (Phi) is 4.48. The Hall–Kier alpha value is -1.74. The molecule has 1 aliphatic rings. The molecule has 0 bridgehead atoms. The first-order valence-electron chi connectivity index (χ1n) is 7.27. The van der Waals surface area contributed by atoms with Crippen LogP contribution in [0.2, 0.25) is 0 Å². The van der Waals surface area contributed by atoms with Crippen LogP contribution in [0.25, 0.3) is 0 Å². The first kappa shape index (κ1) is 18.1. The second-order valence-electron chi connectivity index (χ2n) is 5.80. The predicted octanol–water partition coefficient (Wildman–Crippen LogP) is 4.39. The molecule has 2 N–H and O–H groups in total. The first-order chi connectivity index (χ1) is 11.7. The van der Waals surface area contributed by atoms with Crippen LogP contribution in [0.15, 0.2) is 28.9 Å². The van der Waals surface area contributed by atoms with Gasteiger partial charge in [0.15, 0.2) is 11.6 Å². The molecule has 1 aliphatic carbocycles. The molecule has 2 aromatic rings. The molecule has 25 heavy (non-hydrogen) atoms. The van der Waals surface area contributed by atoms with Crippen LogP contribution < -0.4 is 5.32 Å². The molecule has 1 heterocycles. The van der Waals surface area contributed by atoms with Gasteiger partial charge in [-0.05, 0) is 52.0 Å². The van der Waals surface area contributed by atoms with Gasteiger partial charge < -0.3 is 10.4 Å². The number of benzene rings is 1. The maximum absolute atomic E-state index is 14.2. The summed E-state index contributed by atoms with van der Waals surface area (Å²) < 4.78 is 66.4. The molecule has 1 aromatic heterocycles. The number of hydrogen-bond donors (Lipinski definition) is 2. The summed E-state index contributed by atoms with van der Waals surface area (Å²) in [5.74, 6) is -2.11. The molecule has 0 saturated carbocycles. The van der Waals surface area contributed by atoms with Gasteiger partial charge in [-0.3, -0.25) is 0 Å². The van der Waals surface area contributed by atoms with Crippen molar-refractivity contribution in [3.05, 3.63) is 57.2 Å². The maximum atomic E-state index is 14.2. The Morgan fingerprint density at radius 1 is 1.28 bits per heavy atom. The molecular formula is C16H12BrF5N2O. The van der Waals surface area contributed by atoms with E-state index in [0.29, 0.717) is 23.4 Å². The highest BCUT2D eigenvalue weighted by Crippen LogP contribution is 2.42. The van der Waals surface area contributed by atoms with Crippen LogP contribution in [-0.2, 0) is 18.1 Å². The van der Waals surface area contributed by atoms with Gasteiger partial charge in [-0.1, -0.05) is 6.07 Å². The number of hydrogen-bond acceptors (Lipinski definition) is 3. The molecule has 9 heteroatoms. The SMILES string of the molecule is OC[C@]1(Nc2ncc(C(F)(F)F)cc2F)CCc2c1ccc(Br)c2F. The summed E-state index contributed by atoms with van der Waals surface area (Å²) in [4.78, 5) is 3.49. The summed E-state index contributed by atoms with van der Waals surface area (Å²) in [6.07, 6.45) is -3.67. The van der Waals surface area contributed by atoms with E-state index >= 15 is 0 Å². The molecular weight excluding hydrogens is 411 g/mol. The fourth-order valence-corrected chi connectivity index (χ4v) is 3.38. The quantitative estimate of drug-likeness (QED) is 0.721. The second kappa shape index (κ2) is 6.21. The summed E-state index contributed by atoms with van der Waals surface area (Å²) >= 11 is 3.08. The van der Waals surface area contributed by atoms with Gasteiger partial charge >= 0.3 is 6.18 Å². The molecule has 0 saturated heterocycles. The largest absolute Gasteiger partial charge is 0.417 e. The van der Waals surface area contributed by atoms with Crippen molar-refractivity contribution in [2.45, 2.75) is 24.6 Å². The van der Waals surface area contributed by atoms with E-state index < -0.39 is 41.3 Å².